The van der Waals surface area contributed by atoms with E-state index in [0.717, 1.165) is 22.0 Å². The van der Waals surface area contributed by atoms with Crippen LogP contribution in [0.3, 0.4) is 0 Å². The minimum absolute atomic E-state index is 0.297. The molecule has 4 rings (SSSR count). The minimum Gasteiger partial charge on any atom is -0.434 e. The van der Waals surface area contributed by atoms with Crippen LogP contribution in [0.25, 0.3) is 11.3 Å². The molecular weight excluding hydrogens is 320 g/mol. The summed E-state index contributed by atoms with van der Waals surface area (Å²) in [6.45, 7) is 4.17. The first-order chi connectivity index (χ1) is 11.6. The number of anilines is 1. The van der Waals surface area contributed by atoms with Crippen molar-refractivity contribution in [2.45, 2.75) is 20.1 Å². The van der Waals surface area contributed by atoms with E-state index in [4.69, 9.17) is 4.74 Å². The molecule has 24 heavy (non-hydrogen) atoms. The van der Waals surface area contributed by atoms with Crippen molar-refractivity contribution >= 4 is 22.4 Å². The van der Waals surface area contributed by atoms with Gasteiger partial charge >= 0.3 is 5.97 Å². The molecule has 3 aromatic rings. The van der Waals surface area contributed by atoms with Crippen LogP contribution in [0.5, 0.6) is 0 Å². The Balaban J connectivity index is 1.60. The van der Waals surface area contributed by atoms with Crippen LogP contribution in [0.15, 0.2) is 47.8 Å². The second-order valence-electron chi connectivity index (χ2n) is 5.87. The molecule has 1 unspecified atom stereocenters. The van der Waals surface area contributed by atoms with Crippen LogP contribution in [-0.2, 0) is 4.74 Å². The fourth-order valence-corrected chi connectivity index (χ4v) is 3.66. The van der Waals surface area contributed by atoms with Gasteiger partial charge in [-0.25, -0.2) is 9.78 Å². The molecule has 0 amide bonds. The fourth-order valence-electron chi connectivity index (χ4n) is 2.93. The molecule has 0 saturated carbocycles. The molecule has 2 aromatic carbocycles. The standard InChI is InChI=1S/C19H16N2O2S/c1-11-7-8-13(12(2)9-11)16-10-24-19(20-16)21-17-14-5-3-4-6-15(14)18(22)23-17/h3-10,17H,1-2H3,(H,20,21). The van der Waals surface area contributed by atoms with E-state index < -0.39 is 6.23 Å². The van der Waals surface area contributed by atoms with Crippen LogP contribution >= 0.6 is 11.3 Å². The van der Waals surface area contributed by atoms with Gasteiger partial charge in [-0.1, -0.05) is 42.0 Å². The van der Waals surface area contributed by atoms with Gasteiger partial charge in [0.1, 0.15) is 0 Å². The van der Waals surface area contributed by atoms with Gasteiger partial charge in [0.05, 0.1) is 11.3 Å². The van der Waals surface area contributed by atoms with Gasteiger partial charge in [-0.15, -0.1) is 11.3 Å². The second-order valence-corrected chi connectivity index (χ2v) is 6.73. The molecule has 1 atom stereocenters. The summed E-state index contributed by atoms with van der Waals surface area (Å²) in [5.74, 6) is -0.297. The summed E-state index contributed by atoms with van der Waals surface area (Å²) in [6, 6.07) is 13.7. The average Bonchev–Trinajstić information content (AvgIpc) is 3.14. The number of ether oxygens (including phenoxy) is 1. The van der Waals surface area contributed by atoms with Crippen LogP contribution in [-0.4, -0.2) is 11.0 Å². The van der Waals surface area contributed by atoms with Crippen LogP contribution in [0.2, 0.25) is 0 Å². The molecule has 0 spiro atoms. The third-order valence-corrected chi connectivity index (χ3v) is 4.88. The molecule has 120 valence electrons. The summed E-state index contributed by atoms with van der Waals surface area (Å²) >= 11 is 1.51. The summed E-state index contributed by atoms with van der Waals surface area (Å²) in [5, 5.41) is 5.96. The highest BCUT2D eigenvalue weighted by atomic mass is 32.1. The first kappa shape index (κ1) is 14.9. The molecule has 4 nitrogen and oxygen atoms in total. The lowest BCUT2D eigenvalue weighted by molar-refractivity contribution is 0.0437. The van der Waals surface area contributed by atoms with E-state index in [-0.39, 0.29) is 5.97 Å². The van der Waals surface area contributed by atoms with Crippen molar-refractivity contribution in [1.82, 2.24) is 4.98 Å². The average molecular weight is 336 g/mol. The number of hydrogen-bond donors (Lipinski definition) is 1. The van der Waals surface area contributed by atoms with Crippen molar-refractivity contribution in [2.24, 2.45) is 0 Å². The highest BCUT2D eigenvalue weighted by Gasteiger charge is 2.30. The largest absolute Gasteiger partial charge is 0.434 e. The Bertz CT molecular complexity index is 933. The highest BCUT2D eigenvalue weighted by Crippen LogP contribution is 2.34. The number of esters is 1. The molecule has 2 heterocycles. The number of cyclic esters (lactones) is 1. The second kappa shape index (κ2) is 5.76. The minimum atomic E-state index is -0.480. The molecule has 1 aromatic heterocycles. The first-order valence-electron chi connectivity index (χ1n) is 7.71. The van der Waals surface area contributed by atoms with Gasteiger partial charge in [-0.2, -0.15) is 0 Å². The molecule has 0 aliphatic carbocycles. The maximum atomic E-state index is 11.9. The topological polar surface area (TPSA) is 51.2 Å². The maximum Gasteiger partial charge on any atom is 0.340 e. The van der Waals surface area contributed by atoms with E-state index in [9.17, 15) is 4.79 Å². The van der Waals surface area contributed by atoms with Gasteiger partial charge < -0.3 is 10.1 Å². The Kier molecular flexibility index (Phi) is 3.58. The van der Waals surface area contributed by atoms with Gasteiger partial charge in [0.15, 0.2) is 5.13 Å². The number of fused-ring (bicyclic) bond motifs is 1. The van der Waals surface area contributed by atoms with Crippen molar-refractivity contribution in [3.8, 4) is 11.3 Å². The Morgan fingerprint density at radius 1 is 1.12 bits per heavy atom. The van der Waals surface area contributed by atoms with Crippen LogP contribution in [0.4, 0.5) is 5.13 Å². The first-order valence-corrected chi connectivity index (χ1v) is 8.59. The predicted molar refractivity (Wildman–Crippen MR) is 95.2 cm³/mol. The summed E-state index contributed by atoms with van der Waals surface area (Å²) in [5.41, 5.74) is 5.95. The Labute approximate surface area is 144 Å². The van der Waals surface area contributed by atoms with Crippen LogP contribution in [0, 0.1) is 13.8 Å². The highest BCUT2D eigenvalue weighted by molar-refractivity contribution is 7.14. The van der Waals surface area contributed by atoms with Crippen molar-refractivity contribution in [2.75, 3.05) is 5.32 Å². The number of aryl methyl sites for hydroxylation is 2. The number of thiazole rings is 1. The maximum absolute atomic E-state index is 11.9. The zero-order valence-electron chi connectivity index (χ0n) is 13.4. The van der Waals surface area contributed by atoms with Crippen molar-refractivity contribution in [3.63, 3.8) is 0 Å². The summed E-state index contributed by atoms with van der Waals surface area (Å²) < 4.78 is 5.41. The van der Waals surface area contributed by atoms with Gasteiger partial charge in [-0.05, 0) is 25.5 Å². The number of hydrogen-bond acceptors (Lipinski definition) is 5. The zero-order valence-corrected chi connectivity index (χ0v) is 14.2. The molecule has 0 bridgehead atoms. The molecule has 1 N–H and O–H groups in total. The van der Waals surface area contributed by atoms with Crippen molar-refractivity contribution in [1.29, 1.82) is 0 Å². The molecule has 1 aliphatic rings. The quantitative estimate of drug-likeness (QED) is 0.704. The van der Waals surface area contributed by atoms with Crippen LogP contribution < -0.4 is 5.32 Å². The molecule has 5 heteroatoms. The fraction of sp³-hybridized carbons (Fsp3) is 0.158. The summed E-state index contributed by atoms with van der Waals surface area (Å²) in [4.78, 5) is 16.5. The van der Waals surface area contributed by atoms with Crippen LogP contribution in [0.1, 0.15) is 33.3 Å². The Morgan fingerprint density at radius 2 is 1.96 bits per heavy atom. The van der Waals surface area contributed by atoms with E-state index >= 15 is 0 Å². The van der Waals surface area contributed by atoms with Gasteiger partial charge in [-0.3, -0.25) is 0 Å². The number of aromatic nitrogens is 1. The SMILES string of the molecule is Cc1ccc(-c2csc(NC3OC(=O)c4ccccc43)n2)c(C)c1. The third kappa shape index (κ3) is 2.57. The van der Waals surface area contributed by atoms with E-state index in [0.29, 0.717) is 5.56 Å². The van der Waals surface area contributed by atoms with E-state index in [1.165, 1.54) is 22.5 Å². The molecular formula is C19H16N2O2S. The predicted octanol–water partition coefficient (Wildman–Crippen LogP) is 4.71. The van der Waals surface area contributed by atoms with Gasteiger partial charge in [0.2, 0.25) is 6.23 Å². The summed E-state index contributed by atoms with van der Waals surface area (Å²) in [7, 11) is 0. The van der Waals surface area contributed by atoms with Gasteiger partial charge in [0.25, 0.3) is 0 Å². The number of carbonyl (C=O) groups excluding carboxylic acids is 1. The number of benzene rings is 2. The number of nitrogens with zero attached hydrogens (tertiary/aromatic N) is 1. The normalized spacial score (nSPS) is 15.9. The van der Waals surface area contributed by atoms with E-state index in [1.54, 1.807) is 6.07 Å². The zero-order chi connectivity index (χ0) is 16.7. The third-order valence-electron chi connectivity index (χ3n) is 4.10. The van der Waals surface area contributed by atoms with Crippen molar-refractivity contribution in [3.05, 3.63) is 70.1 Å². The Morgan fingerprint density at radius 3 is 2.79 bits per heavy atom. The lowest BCUT2D eigenvalue weighted by atomic mass is 10.0. The smallest absolute Gasteiger partial charge is 0.340 e. The monoisotopic (exact) mass is 336 g/mol. The molecule has 0 radical (unpaired) electrons. The van der Waals surface area contributed by atoms with Gasteiger partial charge in [0, 0.05) is 16.5 Å². The number of nitrogens with one attached hydrogen (secondary N) is 1. The van der Waals surface area contributed by atoms with E-state index in [2.05, 4.69) is 42.3 Å². The molecule has 1 aliphatic heterocycles. The number of carbonyl (C=O) groups is 1. The van der Waals surface area contributed by atoms with Crippen molar-refractivity contribution < 1.29 is 9.53 Å². The number of rotatable bonds is 3. The molecule has 0 fully saturated rings. The van der Waals surface area contributed by atoms with E-state index in [1.807, 2.05) is 23.6 Å². The lowest BCUT2D eigenvalue weighted by Crippen LogP contribution is -2.10. The molecule has 0 saturated heterocycles. The lowest BCUT2D eigenvalue weighted by Gasteiger charge is -2.11. The summed E-state index contributed by atoms with van der Waals surface area (Å²) in [6.07, 6.45) is -0.480. The Hall–Kier alpha value is -2.66.